The van der Waals surface area contributed by atoms with Crippen LogP contribution < -0.4 is 5.73 Å². The number of carbonyl (C=O) groups excluding carboxylic acids is 2. The fraction of sp³-hybridized carbons (Fsp3) is 0.353. The molecule has 1 aromatic carbocycles. The van der Waals surface area contributed by atoms with E-state index in [0.717, 1.165) is 6.07 Å². The van der Waals surface area contributed by atoms with Crippen LogP contribution in [0.2, 0.25) is 0 Å². The molecule has 28 heavy (non-hydrogen) atoms. The van der Waals surface area contributed by atoms with Crippen molar-refractivity contribution in [2.24, 2.45) is 16.6 Å². The largest absolute Gasteiger partial charge is 0.375 e. The first-order chi connectivity index (χ1) is 13.3. The van der Waals surface area contributed by atoms with Crippen LogP contribution in [-0.2, 0) is 19.6 Å². The molecule has 0 radical (unpaired) electrons. The summed E-state index contributed by atoms with van der Waals surface area (Å²) >= 11 is 0.694. The Labute approximate surface area is 164 Å². The number of nitrogens with two attached hydrogens (primary N) is 1. The molecule has 2 fully saturated rings. The molecule has 3 heterocycles. The van der Waals surface area contributed by atoms with Crippen LogP contribution in [0, 0.1) is 11.7 Å². The molecule has 2 amide bonds. The lowest BCUT2D eigenvalue weighted by Crippen LogP contribution is -2.41. The van der Waals surface area contributed by atoms with Gasteiger partial charge in [0.1, 0.15) is 16.0 Å². The summed E-state index contributed by atoms with van der Waals surface area (Å²) in [6.45, 7) is 0.570. The van der Waals surface area contributed by atoms with Crippen molar-refractivity contribution in [1.82, 2.24) is 4.31 Å². The van der Waals surface area contributed by atoms with Gasteiger partial charge >= 0.3 is 0 Å². The van der Waals surface area contributed by atoms with Crippen LogP contribution in [0.5, 0.6) is 0 Å². The van der Waals surface area contributed by atoms with E-state index in [4.69, 9.17) is 10.5 Å². The van der Waals surface area contributed by atoms with Crippen LogP contribution in [-0.4, -0.2) is 54.9 Å². The van der Waals surface area contributed by atoms with Crippen molar-refractivity contribution < 1.29 is 27.1 Å². The quantitative estimate of drug-likeness (QED) is 0.764. The van der Waals surface area contributed by atoms with E-state index in [-0.39, 0.29) is 33.5 Å². The Morgan fingerprint density at radius 2 is 2.07 bits per heavy atom. The summed E-state index contributed by atoms with van der Waals surface area (Å²) in [6, 6.07) is 5.02. The summed E-state index contributed by atoms with van der Waals surface area (Å²) in [5.74, 6) is -3.68. The number of halogens is 1. The monoisotopic (exact) mass is 425 g/mol. The topological polar surface area (TPSA) is 119 Å². The normalized spacial score (nSPS) is 28.7. The van der Waals surface area contributed by atoms with Crippen molar-refractivity contribution in [1.29, 1.82) is 0 Å². The number of fused-ring (bicyclic) bond motifs is 2. The van der Waals surface area contributed by atoms with Crippen molar-refractivity contribution in [3.05, 3.63) is 46.0 Å². The number of morpholine rings is 1. The standard InChI is InChI=1S/C17H16FN3O5S2/c18-13-4-2-1-3-11(13)16(23)20-17-12(15(19)22)6-14(27-17)28(24,25)21-7-10-5-9(21)8-26-10/h1-4,6,9-10,12H,5,7-8H2,(H2,19,22). The molecule has 4 rings (SSSR count). The Balaban J connectivity index is 1.62. The predicted octanol–water partition coefficient (Wildman–Crippen LogP) is 0.857. The zero-order valence-electron chi connectivity index (χ0n) is 14.4. The van der Waals surface area contributed by atoms with Gasteiger partial charge in [-0.3, -0.25) is 9.59 Å². The smallest absolute Gasteiger partial charge is 0.280 e. The van der Waals surface area contributed by atoms with E-state index in [1.54, 1.807) is 0 Å². The predicted molar refractivity (Wildman–Crippen MR) is 100 cm³/mol. The van der Waals surface area contributed by atoms with Gasteiger partial charge in [0.15, 0.2) is 0 Å². The number of nitrogens with zero attached hydrogens (tertiary/aromatic N) is 2. The third kappa shape index (κ3) is 3.28. The molecule has 3 aliphatic heterocycles. The lowest BCUT2D eigenvalue weighted by molar-refractivity contribution is -0.118. The third-order valence-corrected chi connectivity index (χ3v) is 8.29. The molecule has 2 bridgehead atoms. The lowest BCUT2D eigenvalue weighted by Gasteiger charge is -2.26. The molecule has 3 aliphatic rings. The summed E-state index contributed by atoms with van der Waals surface area (Å²) < 4.78 is 46.4. The number of hydrogen-bond donors (Lipinski definition) is 1. The first-order valence-corrected chi connectivity index (χ1v) is 10.7. The SMILES string of the molecule is NC(=O)C1C=C(S(=O)(=O)N2CC3CC2CO3)SC1=NC(=O)c1ccccc1F. The highest BCUT2D eigenvalue weighted by Crippen LogP contribution is 2.41. The van der Waals surface area contributed by atoms with E-state index >= 15 is 0 Å². The van der Waals surface area contributed by atoms with Gasteiger partial charge in [-0.2, -0.15) is 4.31 Å². The minimum atomic E-state index is -3.87. The number of primary amides is 1. The Morgan fingerprint density at radius 1 is 1.32 bits per heavy atom. The molecule has 2 N–H and O–H groups in total. The molecule has 8 nitrogen and oxygen atoms in total. The van der Waals surface area contributed by atoms with E-state index in [1.807, 2.05) is 0 Å². The molecule has 1 aromatic rings. The number of benzene rings is 1. The molecule has 0 spiro atoms. The molecule has 0 aliphatic carbocycles. The minimum absolute atomic E-state index is 0.0834. The van der Waals surface area contributed by atoms with Gasteiger partial charge in [-0.05, 0) is 24.6 Å². The molecular weight excluding hydrogens is 409 g/mol. The summed E-state index contributed by atoms with van der Waals surface area (Å²) in [5, 5.41) is -0.0834. The van der Waals surface area contributed by atoms with E-state index in [9.17, 15) is 22.4 Å². The van der Waals surface area contributed by atoms with Gasteiger partial charge in [-0.1, -0.05) is 23.9 Å². The second kappa shape index (κ2) is 7.07. The van der Waals surface area contributed by atoms with E-state index in [1.165, 1.54) is 28.6 Å². The van der Waals surface area contributed by atoms with Crippen molar-refractivity contribution in [3.63, 3.8) is 0 Å². The van der Waals surface area contributed by atoms with Gasteiger partial charge in [0, 0.05) is 6.54 Å². The fourth-order valence-corrected chi connectivity index (χ4v) is 6.67. The Hall–Kier alpha value is -2.08. The van der Waals surface area contributed by atoms with Gasteiger partial charge in [0.05, 0.1) is 29.4 Å². The van der Waals surface area contributed by atoms with Crippen LogP contribution in [0.3, 0.4) is 0 Å². The number of rotatable bonds is 4. The maximum atomic E-state index is 13.8. The second-order valence-corrected chi connectivity index (χ2v) is 9.80. The van der Waals surface area contributed by atoms with E-state index in [2.05, 4.69) is 4.99 Å². The van der Waals surface area contributed by atoms with Crippen LogP contribution in [0.15, 0.2) is 39.6 Å². The van der Waals surface area contributed by atoms with E-state index in [0.29, 0.717) is 24.8 Å². The van der Waals surface area contributed by atoms with Gasteiger partial charge in [0.25, 0.3) is 5.91 Å². The lowest BCUT2D eigenvalue weighted by atomic mass is 10.1. The Morgan fingerprint density at radius 3 is 2.68 bits per heavy atom. The van der Waals surface area contributed by atoms with Gasteiger partial charge in [0.2, 0.25) is 15.9 Å². The Bertz CT molecular complexity index is 1020. The molecule has 0 saturated carbocycles. The first kappa shape index (κ1) is 19.2. The molecule has 11 heteroatoms. The van der Waals surface area contributed by atoms with Crippen molar-refractivity contribution in [3.8, 4) is 0 Å². The van der Waals surface area contributed by atoms with Crippen LogP contribution in [0.25, 0.3) is 0 Å². The van der Waals surface area contributed by atoms with Crippen molar-refractivity contribution >= 4 is 38.6 Å². The Kier molecular flexibility index (Phi) is 4.86. The molecule has 3 atom stereocenters. The fourth-order valence-electron chi connectivity index (χ4n) is 3.41. The summed E-state index contributed by atoms with van der Waals surface area (Å²) in [5.41, 5.74) is 5.09. The number of aliphatic imine (C=N–C) groups is 1. The van der Waals surface area contributed by atoms with Crippen LogP contribution in [0.1, 0.15) is 16.8 Å². The first-order valence-electron chi connectivity index (χ1n) is 8.47. The number of sulfonamides is 1. The highest BCUT2D eigenvalue weighted by Gasteiger charge is 2.48. The zero-order chi connectivity index (χ0) is 20.1. The third-order valence-electron chi connectivity index (χ3n) is 4.81. The average molecular weight is 425 g/mol. The number of amides is 2. The van der Waals surface area contributed by atoms with Crippen molar-refractivity contribution in [2.45, 2.75) is 18.6 Å². The summed E-state index contributed by atoms with van der Waals surface area (Å²) in [4.78, 5) is 27.9. The van der Waals surface area contributed by atoms with Gasteiger partial charge < -0.3 is 10.5 Å². The highest BCUT2D eigenvalue weighted by atomic mass is 32.3. The number of thioether (sulfide) groups is 1. The van der Waals surface area contributed by atoms with Crippen molar-refractivity contribution in [2.75, 3.05) is 13.2 Å². The number of ether oxygens (including phenoxy) is 1. The number of hydrogen-bond acceptors (Lipinski definition) is 6. The molecule has 148 valence electrons. The average Bonchev–Trinajstić information content (AvgIpc) is 3.37. The maximum absolute atomic E-state index is 13.8. The number of carbonyl (C=O) groups is 2. The highest BCUT2D eigenvalue weighted by molar-refractivity contribution is 8.27. The molecule has 0 aromatic heterocycles. The van der Waals surface area contributed by atoms with E-state index < -0.39 is 33.6 Å². The van der Waals surface area contributed by atoms with Gasteiger partial charge in [-0.25, -0.2) is 17.8 Å². The van der Waals surface area contributed by atoms with Gasteiger partial charge in [-0.15, -0.1) is 0 Å². The summed E-state index contributed by atoms with van der Waals surface area (Å²) in [6.07, 6.45) is 1.70. The maximum Gasteiger partial charge on any atom is 0.280 e. The molecule has 3 unspecified atom stereocenters. The summed E-state index contributed by atoms with van der Waals surface area (Å²) in [7, 11) is -3.87. The van der Waals surface area contributed by atoms with Crippen LogP contribution in [0.4, 0.5) is 4.39 Å². The zero-order valence-corrected chi connectivity index (χ0v) is 16.1. The second-order valence-electron chi connectivity index (χ2n) is 6.62. The molecular formula is C17H16FN3O5S2. The molecule has 2 saturated heterocycles. The minimum Gasteiger partial charge on any atom is -0.375 e. The van der Waals surface area contributed by atoms with Crippen LogP contribution >= 0.6 is 11.8 Å².